The fourth-order valence-corrected chi connectivity index (χ4v) is 3.71. The number of nitrogens with zero attached hydrogens (tertiary/aromatic N) is 3. The molecule has 110 valence electrons. The predicted octanol–water partition coefficient (Wildman–Crippen LogP) is 0.438. The summed E-state index contributed by atoms with van der Waals surface area (Å²) in [5, 5.41) is 0.0314. The second kappa shape index (κ2) is 6.36. The van der Waals surface area contributed by atoms with Gasteiger partial charge >= 0.3 is 0 Å². The molecule has 0 aliphatic rings. The number of nitrogens with two attached hydrogens (primary N) is 1. The molecule has 1 aromatic rings. The van der Waals surface area contributed by atoms with Gasteiger partial charge in [-0.05, 0) is 13.3 Å². The fourth-order valence-electron chi connectivity index (χ4n) is 1.82. The molecule has 0 aliphatic carbocycles. The van der Waals surface area contributed by atoms with E-state index in [4.69, 9.17) is 10.5 Å². The molecule has 2 N–H and O–H groups in total. The number of ether oxygens (including phenoxy) is 1. The van der Waals surface area contributed by atoms with Gasteiger partial charge in [0, 0.05) is 26.7 Å². The fraction of sp³-hybridized carbons (Fsp3) is 0.727. The van der Waals surface area contributed by atoms with Crippen molar-refractivity contribution in [3.8, 4) is 0 Å². The Morgan fingerprint density at radius 1 is 1.58 bits per heavy atom. The van der Waals surface area contributed by atoms with Gasteiger partial charge in [0.2, 0.25) is 0 Å². The van der Waals surface area contributed by atoms with Crippen molar-refractivity contribution in [3.05, 3.63) is 6.33 Å². The highest BCUT2D eigenvalue weighted by Crippen LogP contribution is 2.23. The van der Waals surface area contributed by atoms with Gasteiger partial charge in [-0.2, -0.15) is 4.31 Å². The Kier molecular flexibility index (Phi) is 5.33. The number of aryl methyl sites for hydroxylation is 1. The summed E-state index contributed by atoms with van der Waals surface area (Å²) in [6.07, 6.45) is 2.11. The van der Waals surface area contributed by atoms with Crippen LogP contribution in [0.2, 0.25) is 0 Å². The van der Waals surface area contributed by atoms with Crippen molar-refractivity contribution in [1.82, 2.24) is 13.9 Å². The van der Waals surface area contributed by atoms with E-state index in [1.54, 1.807) is 14.2 Å². The first-order valence-corrected chi connectivity index (χ1v) is 7.57. The maximum atomic E-state index is 12.7. The first-order valence-electron chi connectivity index (χ1n) is 6.13. The van der Waals surface area contributed by atoms with Crippen LogP contribution in [0.1, 0.15) is 20.3 Å². The van der Waals surface area contributed by atoms with Crippen molar-refractivity contribution in [3.63, 3.8) is 0 Å². The van der Waals surface area contributed by atoms with Crippen LogP contribution in [0.15, 0.2) is 11.4 Å². The Bertz CT molecular complexity index is 493. The number of hydrogen-bond donors (Lipinski definition) is 1. The normalized spacial score (nSPS) is 13.9. The molecule has 0 aromatic carbocycles. The van der Waals surface area contributed by atoms with E-state index in [1.807, 2.05) is 13.8 Å². The van der Waals surface area contributed by atoms with Gasteiger partial charge < -0.3 is 15.0 Å². The number of aromatic nitrogens is 2. The maximum absolute atomic E-state index is 12.7. The zero-order valence-electron chi connectivity index (χ0n) is 11.8. The van der Waals surface area contributed by atoms with E-state index in [1.165, 1.54) is 15.2 Å². The molecule has 8 heteroatoms. The molecule has 1 unspecified atom stereocenters. The minimum absolute atomic E-state index is 0.0215. The van der Waals surface area contributed by atoms with Crippen molar-refractivity contribution in [1.29, 1.82) is 0 Å². The molecule has 1 rings (SSSR count). The number of anilines is 1. The topological polar surface area (TPSA) is 90.4 Å². The average Bonchev–Trinajstić information content (AvgIpc) is 2.69. The van der Waals surface area contributed by atoms with E-state index < -0.39 is 10.0 Å². The maximum Gasteiger partial charge on any atom is 0.262 e. The van der Waals surface area contributed by atoms with Crippen molar-refractivity contribution in [2.45, 2.75) is 31.3 Å². The number of hydrogen-bond acceptors (Lipinski definition) is 5. The minimum atomic E-state index is -3.67. The molecule has 1 heterocycles. The van der Waals surface area contributed by atoms with E-state index in [0.717, 1.165) is 0 Å². The van der Waals surface area contributed by atoms with Gasteiger partial charge in [0.05, 0.1) is 12.9 Å². The lowest BCUT2D eigenvalue weighted by molar-refractivity contribution is 0.167. The Labute approximate surface area is 114 Å². The summed E-state index contributed by atoms with van der Waals surface area (Å²) in [6.45, 7) is 4.42. The first kappa shape index (κ1) is 15.9. The quantitative estimate of drug-likeness (QED) is 0.787. The van der Waals surface area contributed by atoms with Crippen LogP contribution >= 0.6 is 0 Å². The van der Waals surface area contributed by atoms with E-state index in [2.05, 4.69) is 4.98 Å². The molecular formula is C11H22N4O3S. The summed E-state index contributed by atoms with van der Waals surface area (Å²) in [4.78, 5) is 3.83. The van der Waals surface area contributed by atoms with Gasteiger partial charge in [-0.25, -0.2) is 13.4 Å². The van der Waals surface area contributed by atoms with Gasteiger partial charge in [-0.3, -0.25) is 0 Å². The highest BCUT2D eigenvalue weighted by molar-refractivity contribution is 7.89. The molecule has 0 radical (unpaired) electrons. The molecule has 0 saturated carbocycles. The Balaban J connectivity index is 3.19. The van der Waals surface area contributed by atoms with E-state index >= 15 is 0 Å². The molecule has 0 saturated heterocycles. The van der Waals surface area contributed by atoms with Crippen molar-refractivity contribution in [2.75, 3.05) is 26.0 Å². The summed E-state index contributed by atoms with van der Waals surface area (Å²) in [5.74, 6) is 0.0215. The molecule has 1 atom stereocenters. The highest BCUT2D eigenvalue weighted by atomic mass is 32.2. The molecule has 0 bridgehead atoms. The second-order valence-electron chi connectivity index (χ2n) is 4.41. The molecule has 0 amide bonds. The smallest absolute Gasteiger partial charge is 0.262 e. The lowest BCUT2D eigenvalue weighted by atomic mass is 10.3. The third kappa shape index (κ3) is 3.26. The zero-order chi connectivity index (χ0) is 14.6. The molecule has 7 nitrogen and oxygen atoms in total. The molecule has 0 spiro atoms. The average molecular weight is 290 g/mol. The molecule has 0 aliphatic heterocycles. The van der Waals surface area contributed by atoms with Crippen LogP contribution in [-0.2, 0) is 21.8 Å². The summed E-state index contributed by atoms with van der Waals surface area (Å²) >= 11 is 0. The predicted molar refractivity (Wildman–Crippen MR) is 73.1 cm³/mol. The van der Waals surface area contributed by atoms with Gasteiger partial charge in [-0.15, -0.1) is 0 Å². The number of nitrogen functional groups attached to an aromatic ring is 1. The number of sulfonamides is 1. The molecule has 19 heavy (non-hydrogen) atoms. The van der Waals surface area contributed by atoms with Gasteiger partial charge in [-0.1, -0.05) is 6.92 Å². The van der Waals surface area contributed by atoms with Gasteiger partial charge in [0.1, 0.15) is 0 Å². The highest BCUT2D eigenvalue weighted by Gasteiger charge is 2.32. The summed E-state index contributed by atoms with van der Waals surface area (Å²) in [6, 6.07) is -0.130. The summed E-state index contributed by atoms with van der Waals surface area (Å²) in [5.41, 5.74) is 5.67. The SMILES string of the molecule is CCC(C)N(CCOC)S(=O)(=O)c1c(N)ncn1C. The van der Waals surface area contributed by atoms with Crippen LogP contribution in [0.25, 0.3) is 0 Å². The monoisotopic (exact) mass is 290 g/mol. The number of imidazole rings is 1. The molecule has 1 aromatic heterocycles. The Morgan fingerprint density at radius 3 is 2.63 bits per heavy atom. The van der Waals surface area contributed by atoms with Crippen LogP contribution < -0.4 is 5.73 Å². The Morgan fingerprint density at radius 2 is 2.21 bits per heavy atom. The van der Waals surface area contributed by atoms with E-state index in [0.29, 0.717) is 19.6 Å². The van der Waals surface area contributed by atoms with Crippen LogP contribution in [0.5, 0.6) is 0 Å². The third-order valence-corrected chi connectivity index (χ3v) is 5.21. The third-order valence-electron chi connectivity index (χ3n) is 3.06. The molecular weight excluding hydrogens is 268 g/mol. The van der Waals surface area contributed by atoms with Crippen molar-refractivity contribution in [2.24, 2.45) is 7.05 Å². The Hall–Kier alpha value is -1.12. The van der Waals surface area contributed by atoms with E-state index in [9.17, 15) is 8.42 Å². The van der Waals surface area contributed by atoms with Crippen LogP contribution in [0.3, 0.4) is 0 Å². The minimum Gasteiger partial charge on any atom is -0.383 e. The first-order chi connectivity index (χ1) is 8.86. The largest absolute Gasteiger partial charge is 0.383 e. The number of methoxy groups -OCH3 is 1. The summed E-state index contributed by atoms with van der Waals surface area (Å²) < 4.78 is 33.2. The van der Waals surface area contributed by atoms with Gasteiger partial charge in [0.15, 0.2) is 10.8 Å². The van der Waals surface area contributed by atoms with Crippen LogP contribution in [0.4, 0.5) is 5.82 Å². The standard InChI is InChI=1S/C11H22N4O3S/c1-5-9(2)15(6-7-18-4)19(16,17)11-10(12)13-8-14(11)3/h8-9H,5-7,12H2,1-4H3. The van der Waals surface area contributed by atoms with Crippen LogP contribution in [0, 0.1) is 0 Å². The van der Waals surface area contributed by atoms with Crippen molar-refractivity contribution >= 4 is 15.8 Å². The van der Waals surface area contributed by atoms with Crippen molar-refractivity contribution < 1.29 is 13.2 Å². The molecule has 0 fully saturated rings. The lowest BCUT2D eigenvalue weighted by Gasteiger charge is -2.27. The van der Waals surface area contributed by atoms with Crippen LogP contribution in [-0.4, -0.2) is 48.6 Å². The second-order valence-corrected chi connectivity index (χ2v) is 6.22. The van der Waals surface area contributed by atoms with Gasteiger partial charge in [0.25, 0.3) is 10.0 Å². The van der Waals surface area contributed by atoms with E-state index in [-0.39, 0.29) is 16.9 Å². The number of rotatable bonds is 7. The summed E-state index contributed by atoms with van der Waals surface area (Å²) in [7, 11) is -0.520. The zero-order valence-corrected chi connectivity index (χ0v) is 12.6. The lowest BCUT2D eigenvalue weighted by Crippen LogP contribution is -2.41.